The highest BCUT2D eigenvalue weighted by Crippen LogP contribution is 2.30. The van der Waals surface area contributed by atoms with Gasteiger partial charge in [0.05, 0.1) is 10.4 Å². The van der Waals surface area contributed by atoms with Crippen molar-refractivity contribution in [3.8, 4) is 0 Å². The molecule has 0 saturated heterocycles. The van der Waals surface area contributed by atoms with Crippen LogP contribution in [0.4, 0.5) is 0 Å². The van der Waals surface area contributed by atoms with Gasteiger partial charge in [-0.3, -0.25) is 4.98 Å². The summed E-state index contributed by atoms with van der Waals surface area (Å²) in [5.41, 5.74) is 4.92. The van der Waals surface area contributed by atoms with Crippen LogP contribution in [0.2, 0.25) is 0 Å². The van der Waals surface area contributed by atoms with Crippen LogP contribution in [0, 0.1) is 6.92 Å². The molecular weight excluding hydrogens is 398 g/mol. The van der Waals surface area contributed by atoms with Gasteiger partial charge in [0.2, 0.25) is 0 Å². The molecule has 170 valence electrons. The summed E-state index contributed by atoms with van der Waals surface area (Å²) >= 11 is 1.84. The summed E-state index contributed by atoms with van der Waals surface area (Å²) in [6.45, 7) is 21.1. The second-order valence-electron chi connectivity index (χ2n) is 7.57. The minimum Gasteiger partial charge on any atom is -0.304 e. The van der Waals surface area contributed by atoms with Crippen molar-refractivity contribution < 1.29 is 0 Å². The first-order valence-electron chi connectivity index (χ1n) is 11.7. The molecule has 3 nitrogen and oxygen atoms in total. The molecule has 0 saturated carbocycles. The normalized spacial score (nSPS) is 10.3. The van der Waals surface area contributed by atoms with Crippen molar-refractivity contribution in [2.45, 2.75) is 87.5 Å². The van der Waals surface area contributed by atoms with Crippen LogP contribution in [0.3, 0.4) is 0 Å². The van der Waals surface area contributed by atoms with Gasteiger partial charge in [0, 0.05) is 29.2 Å². The molecule has 0 radical (unpaired) electrons. The molecule has 4 rings (SSSR count). The molecule has 4 aromatic heterocycles. The minimum absolute atomic E-state index is 0.516. The van der Waals surface area contributed by atoms with Gasteiger partial charge in [-0.1, -0.05) is 62.3 Å². The van der Waals surface area contributed by atoms with E-state index in [0.717, 1.165) is 12.1 Å². The molecule has 0 N–H and O–H groups in total. The van der Waals surface area contributed by atoms with Crippen LogP contribution in [-0.4, -0.2) is 14.4 Å². The highest BCUT2D eigenvalue weighted by molar-refractivity contribution is 7.19. The van der Waals surface area contributed by atoms with E-state index in [-0.39, 0.29) is 0 Å². The predicted octanol–water partition coefficient (Wildman–Crippen LogP) is 8.80. The molecule has 0 unspecified atom stereocenters. The Morgan fingerprint density at radius 3 is 2.19 bits per heavy atom. The third kappa shape index (κ3) is 6.90. The van der Waals surface area contributed by atoms with E-state index in [1.165, 1.54) is 31.9 Å². The van der Waals surface area contributed by atoms with Crippen molar-refractivity contribution >= 4 is 27.1 Å². The van der Waals surface area contributed by atoms with Crippen molar-refractivity contribution in [2.75, 3.05) is 0 Å². The summed E-state index contributed by atoms with van der Waals surface area (Å²) in [4.78, 5) is 10.2. The Morgan fingerprint density at radius 1 is 0.935 bits per heavy atom. The molecule has 0 aliphatic rings. The van der Waals surface area contributed by atoms with Crippen LogP contribution >= 0.6 is 11.3 Å². The number of rotatable bonds is 3. The minimum atomic E-state index is 0.516. The molecule has 0 aliphatic carbocycles. The Balaban J connectivity index is 0.000000268. The smallest absolute Gasteiger partial charge is 0.137 e. The molecule has 0 aromatic carbocycles. The molecule has 0 bridgehead atoms. The fourth-order valence-corrected chi connectivity index (χ4v) is 4.34. The summed E-state index contributed by atoms with van der Waals surface area (Å²) in [7, 11) is 0. The van der Waals surface area contributed by atoms with Crippen LogP contribution < -0.4 is 0 Å². The maximum atomic E-state index is 4.43. The molecular formula is C27H41N3S. The number of nitrogens with zero attached hydrogens (tertiary/aromatic N) is 3. The number of hydrogen-bond donors (Lipinski definition) is 0. The van der Waals surface area contributed by atoms with Gasteiger partial charge in [-0.05, 0) is 60.4 Å². The maximum Gasteiger partial charge on any atom is 0.137 e. The van der Waals surface area contributed by atoms with Crippen LogP contribution in [0.15, 0.2) is 42.9 Å². The van der Waals surface area contributed by atoms with Crippen LogP contribution in [-0.2, 0) is 6.42 Å². The second kappa shape index (κ2) is 13.3. The van der Waals surface area contributed by atoms with Crippen molar-refractivity contribution in [1.29, 1.82) is 0 Å². The van der Waals surface area contributed by atoms with E-state index >= 15 is 0 Å². The predicted molar refractivity (Wildman–Crippen MR) is 140 cm³/mol. The number of imidazole rings is 1. The maximum absolute atomic E-state index is 4.43. The third-order valence-electron chi connectivity index (χ3n) is 4.77. The lowest BCUT2D eigenvalue weighted by atomic mass is 10.1. The Hall–Kier alpha value is -2.20. The number of thiophene rings is 1. The number of hydrogen-bond acceptors (Lipinski definition) is 3. The fourth-order valence-electron chi connectivity index (χ4n) is 3.20. The Morgan fingerprint density at radius 2 is 1.61 bits per heavy atom. The second-order valence-corrected chi connectivity index (χ2v) is 8.83. The SMILES string of the molecule is CC.CC.CCc1cnc2cc(C(C)C)ccn12.Cc1cc2ccnc(C(C)C)c2s1. The number of aryl methyl sites for hydroxylation is 2. The van der Waals surface area contributed by atoms with Crippen LogP contribution in [0.25, 0.3) is 15.7 Å². The lowest BCUT2D eigenvalue weighted by molar-refractivity contribution is 0.836. The lowest BCUT2D eigenvalue weighted by Gasteiger charge is -2.05. The number of fused-ring (bicyclic) bond motifs is 2. The summed E-state index contributed by atoms with van der Waals surface area (Å²) in [6, 6.07) is 8.67. The molecule has 4 aromatic rings. The van der Waals surface area contributed by atoms with E-state index in [1.54, 1.807) is 0 Å². The van der Waals surface area contributed by atoms with Gasteiger partial charge >= 0.3 is 0 Å². The zero-order valence-electron chi connectivity index (χ0n) is 21.2. The van der Waals surface area contributed by atoms with Gasteiger partial charge in [0.15, 0.2) is 0 Å². The van der Waals surface area contributed by atoms with Crippen molar-refractivity contribution in [1.82, 2.24) is 14.4 Å². The highest BCUT2D eigenvalue weighted by atomic mass is 32.1. The Bertz CT molecular complexity index is 1040. The highest BCUT2D eigenvalue weighted by Gasteiger charge is 2.08. The molecule has 31 heavy (non-hydrogen) atoms. The molecule has 4 heterocycles. The van der Waals surface area contributed by atoms with E-state index in [4.69, 9.17) is 0 Å². The summed E-state index contributed by atoms with van der Waals surface area (Å²) < 4.78 is 3.52. The van der Waals surface area contributed by atoms with Crippen molar-refractivity contribution in [3.05, 3.63) is 64.7 Å². The topological polar surface area (TPSA) is 30.2 Å². The van der Waals surface area contributed by atoms with E-state index in [1.807, 2.05) is 51.4 Å². The van der Waals surface area contributed by atoms with Crippen molar-refractivity contribution in [3.63, 3.8) is 0 Å². The molecule has 0 aliphatic heterocycles. The first-order valence-corrected chi connectivity index (χ1v) is 12.5. The third-order valence-corrected chi connectivity index (χ3v) is 5.86. The van der Waals surface area contributed by atoms with E-state index in [9.17, 15) is 0 Å². The first-order chi connectivity index (χ1) is 14.9. The van der Waals surface area contributed by atoms with E-state index in [2.05, 4.69) is 86.4 Å². The molecule has 0 fully saturated rings. The van der Waals surface area contributed by atoms with Gasteiger partial charge in [0.1, 0.15) is 5.65 Å². The zero-order valence-corrected chi connectivity index (χ0v) is 22.0. The zero-order chi connectivity index (χ0) is 23.6. The summed E-state index contributed by atoms with van der Waals surface area (Å²) in [6.07, 6.45) is 7.02. The summed E-state index contributed by atoms with van der Waals surface area (Å²) in [5.74, 6) is 1.09. The molecule has 0 spiro atoms. The standard InChI is InChI=1S/C12H16N2.C11H13NS.2C2H6/c1-4-11-8-13-12-7-10(9(2)3)5-6-14(11)12;1-7(2)10-11-9(4-5-12-10)6-8(3)13-11;2*1-2/h5-9H,4H2,1-3H3;4-7H,1-3H3;2*1-2H3. The van der Waals surface area contributed by atoms with E-state index < -0.39 is 0 Å². The van der Waals surface area contributed by atoms with Gasteiger partial charge in [-0.15, -0.1) is 11.3 Å². The van der Waals surface area contributed by atoms with Crippen LogP contribution in [0.1, 0.15) is 96.0 Å². The Labute approximate surface area is 193 Å². The number of aromatic nitrogens is 3. The van der Waals surface area contributed by atoms with Gasteiger partial charge < -0.3 is 4.40 Å². The van der Waals surface area contributed by atoms with Crippen molar-refractivity contribution in [2.24, 2.45) is 0 Å². The number of pyridine rings is 2. The molecule has 0 atom stereocenters. The molecule has 0 amide bonds. The lowest BCUT2D eigenvalue weighted by Crippen LogP contribution is -1.93. The average Bonchev–Trinajstić information content (AvgIpc) is 3.38. The summed E-state index contributed by atoms with van der Waals surface area (Å²) in [5, 5.41) is 1.33. The average molecular weight is 440 g/mol. The van der Waals surface area contributed by atoms with Gasteiger partial charge in [-0.25, -0.2) is 4.98 Å². The van der Waals surface area contributed by atoms with E-state index in [0.29, 0.717) is 11.8 Å². The Kier molecular flexibility index (Phi) is 11.5. The van der Waals surface area contributed by atoms with Gasteiger partial charge in [-0.2, -0.15) is 0 Å². The van der Waals surface area contributed by atoms with Gasteiger partial charge in [0.25, 0.3) is 0 Å². The monoisotopic (exact) mass is 439 g/mol. The fraction of sp³-hybridized carbons (Fsp3) is 0.481. The largest absolute Gasteiger partial charge is 0.304 e. The van der Waals surface area contributed by atoms with Crippen LogP contribution in [0.5, 0.6) is 0 Å². The molecule has 4 heteroatoms. The quantitative estimate of drug-likeness (QED) is 0.319. The first kappa shape index (κ1) is 26.8.